The lowest BCUT2D eigenvalue weighted by molar-refractivity contribution is -0.234. The third-order valence-corrected chi connectivity index (χ3v) is 4.17. The lowest BCUT2D eigenvalue weighted by Crippen LogP contribution is -2.57. The molecule has 0 aromatic carbocycles. The SMILES string of the molecule is CC[C@@]1(O)[C@H](C)O[C@H](c2ccncc2N)C[C@@H]1OC(C)=O. The topological polar surface area (TPSA) is 94.7 Å². The van der Waals surface area contributed by atoms with E-state index >= 15 is 0 Å². The van der Waals surface area contributed by atoms with Crippen molar-refractivity contribution in [2.24, 2.45) is 0 Å². The zero-order valence-corrected chi connectivity index (χ0v) is 12.6. The zero-order chi connectivity index (χ0) is 15.6. The van der Waals surface area contributed by atoms with Gasteiger partial charge in [-0.1, -0.05) is 6.92 Å². The van der Waals surface area contributed by atoms with Gasteiger partial charge in [-0.05, 0) is 19.4 Å². The van der Waals surface area contributed by atoms with E-state index in [-0.39, 0.29) is 6.10 Å². The number of nitrogens with zero attached hydrogens (tertiary/aromatic N) is 1. The van der Waals surface area contributed by atoms with Crippen LogP contribution in [-0.2, 0) is 14.3 Å². The number of esters is 1. The minimum absolute atomic E-state index is 0.334. The number of aliphatic hydroxyl groups is 1. The first-order chi connectivity index (χ1) is 9.88. The van der Waals surface area contributed by atoms with Crippen molar-refractivity contribution in [1.29, 1.82) is 0 Å². The Morgan fingerprint density at radius 1 is 1.67 bits per heavy atom. The summed E-state index contributed by atoms with van der Waals surface area (Å²) < 4.78 is 11.3. The van der Waals surface area contributed by atoms with E-state index in [4.69, 9.17) is 15.2 Å². The van der Waals surface area contributed by atoms with Gasteiger partial charge in [-0.15, -0.1) is 0 Å². The predicted octanol–water partition coefficient (Wildman–Crippen LogP) is 1.59. The maximum Gasteiger partial charge on any atom is 0.303 e. The van der Waals surface area contributed by atoms with Gasteiger partial charge < -0.3 is 20.3 Å². The molecule has 1 aromatic heterocycles. The predicted molar refractivity (Wildman–Crippen MR) is 77.3 cm³/mol. The summed E-state index contributed by atoms with van der Waals surface area (Å²) >= 11 is 0. The molecule has 2 heterocycles. The fraction of sp³-hybridized carbons (Fsp3) is 0.600. The molecule has 6 heteroatoms. The molecule has 1 aromatic rings. The van der Waals surface area contributed by atoms with E-state index in [1.165, 1.54) is 6.92 Å². The number of anilines is 1. The van der Waals surface area contributed by atoms with E-state index in [0.29, 0.717) is 18.5 Å². The molecule has 0 aliphatic carbocycles. The van der Waals surface area contributed by atoms with Crippen molar-refractivity contribution in [3.8, 4) is 0 Å². The molecule has 4 atom stereocenters. The number of hydrogen-bond acceptors (Lipinski definition) is 6. The first-order valence-corrected chi connectivity index (χ1v) is 7.13. The van der Waals surface area contributed by atoms with Crippen molar-refractivity contribution in [3.05, 3.63) is 24.0 Å². The smallest absolute Gasteiger partial charge is 0.303 e. The molecular weight excluding hydrogens is 272 g/mol. The number of carbonyl (C=O) groups excluding carboxylic acids is 1. The summed E-state index contributed by atoms with van der Waals surface area (Å²) in [6.07, 6.45) is 2.57. The minimum Gasteiger partial charge on any atom is -0.459 e. The second-order valence-corrected chi connectivity index (χ2v) is 5.45. The summed E-state index contributed by atoms with van der Waals surface area (Å²) in [6, 6.07) is 1.79. The fourth-order valence-corrected chi connectivity index (χ4v) is 2.86. The van der Waals surface area contributed by atoms with Crippen LogP contribution >= 0.6 is 0 Å². The van der Waals surface area contributed by atoms with E-state index < -0.39 is 23.8 Å². The molecule has 0 amide bonds. The number of carbonyl (C=O) groups is 1. The summed E-state index contributed by atoms with van der Waals surface area (Å²) in [5.74, 6) is -0.414. The molecular formula is C15H22N2O4. The molecule has 3 N–H and O–H groups in total. The van der Waals surface area contributed by atoms with E-state index in [2.05, 4.69) is 4.98 Å². The van der Waals surface area contributed by atoms with Gasteiger partial charge in [0.2, 0.25) is 0 Å². The van der Waals surface area contributed by atoms with Crippen LogP contribution in [0.2, 0.25) is 0 Å². The molecule has 1 saturated heterocycles. The number of nitrogen functional groups attached to an aromatic ring is 1. The highest BCUT2D eigenvalue weighted by Crippen LogP contribution is 2.41. The fourth-order valence-electron chi connectivity index (χ4n) is 2.86. The Balaban J connectivity index is 2.29. The van der Waals surface area contributed by atoms with Crippen LogP contribution in [0.1, 0.15) is 45.3 Å². The van der Waals surface area contributed by atoms with Gasteiger partial charge in [0.15, 0.2) is 0 Å². The van der Waals surface area contributed by atoms with Crippen molar-refractivity contribution in [3.63, 3.8) is 0 Å². The van der Waals surface area contributed by atoms with Gasteiger partial charge in [-0.2, -0.15) is 0 Å². The molecule has 0 bridgehead atoms. The molecule has 6 nitrogen and oxygen atoms in total. The highest BCUT2D eigenvalue weighted by molar-refractivity contribution is 5.66. The second-order valence-electron chi connectivity index (χ2n) is 5.45. The summed E-state index contributed by atoms with van der Waals surface area (Å²) in [7, 11) is 0. The zero-order valence-electron chi connectivity index (χ0n) is 12.6. The number of ether oxygens (including phenoxy) is 2. The van der Waals surface area contributed by atoms with Gasteiger partial charge in [-0.25, -0.2) is 0 Å². The Hall–Kier alpha value is -1.66. The number of hydrogen-bond donors (Lipinski definition) is 2. The second kappa shape index (κ2) is 5.99. The Morgan fingerprint density at radius 2 is 2.38 bits per heavy atom. The highest BCUT2D eigenvalue weighted by atomic mass is 16.6. The first-order valence-electron chi connectivity index (χ1n) is 7.13. The molecule has 1 aliphatic rings. The van der Waals surface area contributed by atoms with Gasteiger partial charge in [-0.3, -0.25) is 9.78 Å². The molecule has 1 fully saturated rings. The lowest BCUT2D eigenvalue weighted by atomic mass is 9.81. The molecule has 0 radical (unpaired) electrons. The monoisotopic (exact) mass is 294 g/mol. The standard InChI is InChI=1S/C15H22N2O4/c1-4-15(19)9(2)20-13(7-14(15)21-10(3)18)11-5-6-17-8-12(11)16/h5-6,8-9,13-14,19H,4,7,16H2,1-3H3/t9-,13-,14-,15+/m0/s1. The van der Waals surface area contributed by atoms with Crippen molar-refractivity contribution in [2.45, 2.75) is 57.5 Å². The number of aromatic nitrogens is 1. The Labute approximate surface area is 124 Å². The van der Waals surface area contributed by atoms with E-state index in [1.54, 1.807) is 25.4 Å². The van der Waals surface area contributed by atoms with Gasteiger partial charge in [0.25, 0.3) is 0 Å². The summed E-state index contributed by atoms with van der Waals surface area (Å²) in [5, 5.41) is 10.7. The molecule has 0 unspecified atom stereocenters. The van der Waals surface area contributed by atoms with Crippen molar-refractivity contribution < 1.29 is 19.4 Å². The maximum atomic E-state index is 11.3. The van der Waals surface area contributed by atoms with E-state index in [0.717, 1.165) is 5.56 Å². The van der Waals surface area contributed by atoms with Crippen LogP contribution in [0.15, 0.2) is 18.5 Å². The summed E-state index contributed by atoms with van der Waals surface area (Å²) in [4.78, 5) is 15.3. The van der Waals surface area contributed by atoms with Gasteiger partial charge in [0, 0.05) is 25.1 Å². The largest absolute Gasteiger partial charge is 0.459 e. The van der Waals surface area contributed by atoms with Crippen molar-refractivity contribution in [1.82, 2.24) is 4.98 Å². The third-order valence-electron chi connectivity index (χ3n) is 4.17. The number of rotatable bonds is 3. The first kappa shape index (κ1) is 15.7. The van der Waals surface area contributed by atoms with Gasteiger partial charge in [0.1, 0.15) is 11.7 Å². The molecule has 116 valence electrons. The van der Waals surface area contributed by atoms with Crippen LogP contribution < -0.4 is 5.73 Å². The summed E-state index contributed by atoms with van der Waals surface area (Å²) in [5.41, 5.74) is 6.06. The average Bonchev–Trinajstić information content (AvgIpc) is 2.43. The Morgan fingerprint density at radius 3 is 2.95 bits per heavy atom. The van der Waals surface area contributed by atoms with Crippen molar-refractivity contribution in [2.75, 3.05) is 5.73 Å². The molecule has 0 spiro atoms. The average molecular weight is 294 g/mol. The number of nitrogens with two attached hydrogens (primary N) is 1. The van der Waals surface area contributed by atoms with Crippen LogP contribution in [0.3, 0.4) is 0 Å². The molecule has 0 saturated carbocycles. The van der Waals surface area contributed by atoms with Crippen LogP contribution in [-0.4, -0.2) is 33.9 Å². The lowest BCUT2D eigenvalue weighted by Gasteiger charge is -2.46. The quantitative estimate of drug-likeness (QED) is 0.822. The van der Waals surface area contributed by atoms with Gasteiger partial charge >= 0.3 is 5.97 Å². The highest BCUT2D eigenvalue weighted by Gasteiger charge is 2.49. The van der Waals surface area contributed by atoms with Gasteiger partial charge in [0.05, 0.1) is 24.1 Å². The van der Waals surface area contributed by atoms with E-state index in [9.17, 15) is 9.90 Å². The van der Waals surface area contributed by atoms with Crippen LogP contribution in [0.25, 0.3) is 0 Å². The normalized spacial score (nSPS) is 32.7. The van der Waals surface area contributed by atoms with E-state index in [1.807, 2.05) is 6.92 Å². The van der Waals surface area contributed by atoms with Crippen LogP contribution in [0, 0.1) is 0 Å². The Kier molecular flexibility index (Phi) is 4.49. The van der Waals surface area contributed by atoms with Crippen LogP contribution in [0.4, 0.5) is 5.69 Å². The number of pyridine rings is 1. The molecule has 21 heavy (non-hydrogen) atoms. The third kappa shape index (κ3) is 3.01. The molecule has 1 aliphatic heterocycles. The van der Waals surface area contributed by atoms with Crippen LogP contribution in [0.5, 0.6) is 0 Å². The maximum absolute atomic E-state index is 11.3. The van der Waals surface area contributed by atoms with Crippen molar-refractivity contribution >= 4 is 11.7 Å². The molecule has 2 rings (SSSR count). The Bertz CT molecular complexity index is 522. The minimum atomic E-state index is -1.19. The summed E-state index contributed by atoms with van der Waals surface area (Å²) in [6.45, 7) is 4.97.